The first-order valence-corrected chi connectivity index (χ1v) is 5.23. The first kappa shape index (κ1) is 14.2. The monoisotopic (exact) mass is 292 g/mol. The van der Waals surface area contributed by atoms with Crippen molar-refractivity contribution < 1.29 is 31.1 Å². The molecular weight excluding hydrogens is 286 g/mol. The van der Waals surface area contributed by atoms with Gasteiger partial charge >= 0.3 is 0 Å². The Kier molecular flexibility index (Phi) is 3.61. The highest BCUT2D eigenvalue weighted by Gasteiger charge is 2.28. The zero-order chi connectivity index (χ0) is 15.0. The molecule has 2 rings (SSSR count). The normalized spacial score (nSPS) is 10.8. The van der Waals surface area contributed by atoms with E-state index in [-0.39, 0.29) is 5.75 Å². The van der Waals surface area contributed by atoms with Gasteiger partial charge in [0, 0.05) is 5.56 Å². The van der Waals surface area contributed by atoms with Crippen LogP contribution in [0.2, 0.25) is 0 Å². The third-order valence-corrected chi connectivity index (χ3v) is 2.65. The van der Waals surface area contributed by atoms with Crippen LogP contribution >= 0.6 is 0 Å². The molecule has 0 unspecified atom stereocenters. The lowest BCUT2D eigenvalue weighted by atomic mass is 10.0. The molecule has 0 saturated heterocycles. The minimum absolute atomic E-state index is 0.00495. The molecular formula is C13H6F6O. The van der Waals surface area contributed by atoms with Gasteiger partial charge in [-0.15, -0.1) is 0 Å². The van der Waals surface area contributed by atoms with Gasteiger partial charge < -0.3 is 4.74 Å². The van der Waals surface area contributed by atoms with Crippen LogP contribution in [-0.2, 0) is 0 Å². The fourth-order valence-electron chi connectivity index (χ4n) is 1.66. The Morgan fingerprint density at radius 1 is 0.750 bits per heavy atom. The van der Waals surface area contributed by atoms with E-state index in [1.54, 1.807) is 0 Å². The van der Waals surface area contributed by atoms with Crippen LogP contribution in [-0.4, -0.2) is 7.11 Å². The topological polar surface area (TPSA) is 9.23 Å². The van der Waals surface area contributed by atoms with Gasteiger partial charge in [-0.2, -0.15) is 0 Å². The van der Waals surface area contributed by atoms with Gasteiger partial charge in [-0.1, -0.05) is 0 Å². The molecule has 0 fully saturated rings. The Morgan fingerprint density at radius 2 is 1.25 bits per heavy atom. The summed E-state index contributed by atoms with van der Waals surface area (Å²) in [5.41, 5.74) is -2.12. The predicted molar refractivity (Wildman–Crippen MR) is 58.2 cm³/mol. The molecule has 0 N–H and O–H groups in total. The molecule has 0 heterocycles. The second kappa shape index (κ2) is 5.07. The third-order valence-electron chi connectivity index (χ3n) is 2.65. The summed E-state index contributed by atoms with van der Waals surface area (Å²) in [5.74, 6) is -11.9. The van der Waals surface area contributed by atoms with Gasteiger partial charge in [0.05, 0.1) is 12.7 Å². The van der Waals surface area contributed by atoms with Crippen molar-refractivity contribution >= 4 is 0 Å². The van der Waals surface area contributed by atoms with Gasteiger partial charge in [0.15, 0.2) is 23.3 Å². The number of hydrogen-bond donors (Lipinski definition) is 0. The van der Waals surface area contributed by atoms with Gasteiger partial charge in [-0.3, -0.25) is 0 Å². The Balaban J connectivity index is 2.83. The van der Waals surface area contributed by atoms with E-state index in [2.05, 4.69) is 0 Å². The van der Waals surface area contributed by atoms with Crippen LogP contribution in [0.3, 0.4) is 0 Å². The van der Waals surface area contributed by atoms with Crippen molar-refractivity contribution in [3.63, 3.8) is 0 Å². The van der Waals surface area contributed by atoms with Crippen LogP contribution in [0.25, 0.3) is 11.1 Å². The van der Waals surface area contributed by atoms with Gasteiger partial charge in [0.25, 0.3) is 0 Å². The van der Waals surface area contributed by atoms with Crippen LogP contribution < -0.4 is 4.74 Å². The second-order valence-corrected chi connectivity index (χ2v) is 3.79. The molecule has 20 heavy (non-hydrogen) atoms. The number of benzene rings is 2. The average Bonchev–Trinajstić information content (AvgIpc) is 2.45. The zero-order valence-corrected chi connectivity index (χ0v) is 9.91. The fourth-order valence-corrected chi connectivity index (χ4v) is 1.66. The van der Waals surface area contributed by atoms with Crippen LogP contribution in [0.5, 0.6) is 5.75 Å². The van der Waals surface area contributed by atoms with Crippen LogP contribution in [0, 0.1) is 34.9 Å². The summed E-state index contributed by atoms with van der Waals surface area (Å²) >= 11 is 0. The molecule has 0 bridgehead atoms. The van der Waals surface area contributed by atoms with E-state index < -0.39 is 46.0 Å². The van der Waals surface area contributed by atoms with Crippen molar-refractivity contribution in [1.29, 1.82) is 0 Å². The SMILES string of the molecule is COc1ccc(F)c(-c2c(F)c(F)c(F)c(F)c2F)c1. The molecule has 0 spiro atoms. The summed E-state index contributed by atoms with van der Waals surface area (Å²) in [5, 5.41) is 0. The largest absolute Gasteiger partial charge is 0.497 e. The molecule has 0 radical (unpaired) electrons. The van der Waals surface area contributed by atoms with Gasteiger partial charge in [-0.05, 0) is 18.2 Å². The molecule has 0 saturated carbocycles. The smallest absolute Gasteiger partial charge is 0.200 e. The van der Waals surface area contributed by atoms with Crippen LogP contribution in [0.15, 0.2) is 18.2 Å². The van der Waals surface area contributed by atoms with E-state index in [0.29, 0.717) is 0 Å². The Labute approximate surface area is 109 Å². The summed E-state index contributed by atoms with van der Waals surface area (Å²) in [7, 11) is 1.20. The lowest BCUT2D eigenvalue weighted by molar-refractivity contribution is 0.380. The van der Waals surface area contributed by atoms with E-state index in [1.165, 1.54) is 7.11 Å². The molecule has 2 aromatic carbocycles. The third kappa shape index (κ3) is 2.09. The highest BCUT2D eigenvalue weighted by molar-refractivity contribution is 5.67. The highest BCUT2D eigenvalue weighted by Crippen LogP contribution is 2.34. The Morgan fingerprint density at radius 3 is 1.75 bits per heavy atom. The van der Waals surface area contributed by atoms with Gasteiger partial charge in [-0.25, -0.2) is 26.3 Å². The molecule has 0 aliphatic carbocycles. The van der Waals surface area contributed by atoms with Crippen LogP contribution in [0.4, 0.5) is 26.3 Å². The van der Waals surface area contributed by atoms with Gasteiger partial charge in [0.2, 0.25) is 5.82 Å². The molecule has 1 nitrogen and oxygen atoms in total. The number of hydrogen-bond acceptors (Lipinski definition) is 1. The minimum Gasteiger partial charge on any atom is -0.497 e. The number of halogens is 6. The average molecular weight is 292 g/mol. The molecule has 0 aromatic heterocycles. The maximum absolute atomic E-state index is 13.6. The maximum atomic E-state index is 13.6. The van der Waals surface area contributed by atoms with Crippen molar-refractivity contribution in [1.82, 2.24) is 0 Å². The Bertz CT molecular complexity index is 654. The summed E-state index contributed by atoms with van der Waals surface area (Å²) in [6.45, 7) is 0. The lowest BCUT2D eigenvalue weighted by Gasteiger charge is -2.10. The van der Waals surface area contributed by atoms with E-state index in [9.17, 15) is 26.3 Å². The zero-order valence-electron chi connectivity index (χ0n) is 9.91. The highest BCUT2D eigenvalue weighted by atomic mass is 19.2. The molecule has 0 aliphatic rings. The molecule has 7 heteroatoms. The number of rotatable bonds is 2. The van der Waals surface area contributed by atoms with Gasteiger partial charge in [0.1, 0.15) is 11.6 Å². The quantitative estimate of drug-likeness (QED) is 0.458. The molecule has 0 amide bonds. The maximum Gasteiger partial charge on any atom is 0.200 e. The predicted octanol–water partition coefficient (Wildman–Crippen LogP) is 4.20. The van der Waals surface area contributed by atoms with E-state index in [4.69, 9.17) is 4.74 Å². The summed E-state index contributed by atoms with van der Waals surface area (Å²) in [4.78, 5) is 0. The minimum atomic E-state index is -2.30. The number of ether oxygens (including phenoxy) is 1. The first-order valence-electron chi connectivity index (χ1n) is 5.23. The van der Waals surface area contributed by atoms with Crippen LogP contribution in [0.1, 0.15) is 0 Å². The van der Waals surface area contributed by atoms with Crippen molar-refractivity contribution in [3.8, 4) is 16.9 Å². The van der Waals surface area contributed by atoms with Crippen molar-refractivity contribution in [2.75, 3.05) is 7.11 Å². The summed E-state index contributed by atoms with van der Waals surface area (Å²) < 4.78 is 84.6. The van der Waals surface area contributed by atoms with Crippen molar-refractivity contribution in [3.05, 3.63) is 53.1 Å². The second-order valence-electron chi connectivity index (χ2n) is 3.79. The first-order chi connectivity index (χ1) is 9.38. The Hall–Kier alpha value is -2.18. The fraction of sp³-hybridized carbons (Fsp3) is 0.0769. The molecule has 0 atom stereocenters. The van der Waals surface area contributed by atoms with E-state index >= 15 is 0 Å². The molecule has 0 aliphatic heterocycles. The standard InChI is InChI=1S/C13H6F6O/c1-20-5-2-3-7(14)6(4-5)8-9(15)11(17)13(19)12(18)10(8)16/h2-4H,1H3. The molecule has 106 valence electrons. The van der Waals surface area contributed by atoms with Crippen molar-refractivity contribution in [2.24, 2.45) is 0 Å². The lowest BCUT2D eigenvalue weighted by Crippen LogP contribution is -2.05. The number of methoxy groups -OCH3 is 1. The van der Waals surface area contributed by atoms with E-state index in [0.717, 1.165) is 18.2 Å². The summed E-state index contributed by atoms with van der Waals surface area (Å²) in [6, 6.07) is 2.78. The summed E-state index contributed by atoms with van der Waals surface area (Å²) in [6.07, 6.45) is 0. The van der Waals surface area contributed by atoms with Crippen molar-refractivity contribution in [2.45, 2.75) is 0 Å². The van der Waals surface area contributed by atoms with E-state index in [1.807, 2.05) is 0 Å². The molecule has 2 aromatic rings.